The lowest BCUT2D eigenvalue weighted by Gasteiger charge is -2.26. The van der Waals surface area contributed by atoms with Crippen LogP contribution in [-0.4, -0.2) is 24.8 Å². The molecule has 3 heteroatoms. The van der Waals surface area contributed by atoms with Gasteiger partial charge in [-0.1, -0.05) is 13.8 Å². The van der Waals surface area contributed by atoms with Crippen molar-refractivity contribution >= 4 is 0 Å². The van der Waals surface area contributed by atoms with Crippen LogP contribution in [0.3, 0.4) is 0 Å². The minimum Gasteiger partial charge on any atom is -0.497 e. The maximum absolute atomic E-state index is 10.6. The van der Waals surface area contributed by atoms with Gasteiger partial charge in [-0.25, -0.2) is 0 Å². The molecule has 0 amide bonds. The second kappa shape index (κ2) is 7.51. The molecule has 0 fully saturated rings. The predicted octanol–water partition coefficient (Wildman–Crippen LogP) is 3.12. The van der Waals surface area contributed by atoms with Crippen molar-refractivity contribution in [2.75, 3.05) is 13.7 Å². The molecule has 1 aromatic rings. The van der Waals surface area contributed by atoms with E-state index in [0.717, 1.165) is 41.8 Å². The van der Waals surface area contributed by atoms with Crippen LogP contribution in [-0.2, 0) is 0 Å². The molecule has 0 aliphatic carbocycles. The van der Waals surface area contributed by atoms with E-state index in [1.807, 2.05) is 26.0 Å². The first-order valence-electron chi connectivity index (χ1n) is 7.11. The first-order chi connectivity index (χ1) is 9.04. The van der Waals surface area contributed by atoms with Crippen molar-refractivity contribution in [1.82, 2.24) is 5.32 Å². The Hall–Kier alpha value is -1.06. The second-order valence-corrected chi connectivity index (χ2v) is 5.09. The Morgan fingerprint density at radius 2 is 1.79 bits per heavy atom. The highest BCUT2D eigenvalue weighted by atomic mass is 16.5. The highest BCUT2D eigenvalue weighted by Gasteiger charge is 2.22. The van der Waals surface area contributed by atoms with Crippen LogP contribution >= 0.6 is 0 Å². The van der Waals surface area contributed by atoms with E-state index in [1.54, 1.807) is 7.11 Å². The summed E-state index contributed by atoms with van der Waals surface area (Å²) in [6.45, 7) is 9.23. The van der Waals surface area contributed by atoms with Crippen molar-refractivity contribution in [3.63, 3.8) is 0 Å². The average Bonchev–Trinajstić information content (AvgIpc) is 2.38. The zero-order chi connectivity index (χ0) is 14.4. The fourth-order valence-corrected chi connectivity index (χ4v) is 2.53. The first kappa shape index (κ1) is 16.0. The molecule has 0 aliphatic rings. The number of benzene rings is 1. The zero-order valence-corrected chi connectivity index (χ0v) is 12.8. The number of hydrogen-bond donors (Lipinski definition) is 2. The van der Waals surface area contributed by atoms with Crippen LogP contribution in [0.4, 0.5) is 0 Å². The third-order valence-electron chi connectivity index (χ3n) is 3.58. The van der Waals surface area contributed by atoms with E-state index in [1.165, 1.54) is 0 Å². The van der Waals surface area contributed by atoms with Gasteiger partial charge in [0.2, 0.25) is 0 Å². The topological polar surface area (TPSA) is 41.5 Å². The van der Waals surface area contributed by atoms with Crippen molar-refractivity contribution in [2.24, 2.45) is 0 Å². The molecule has 0 radical (unpaired) electrons. The number of hydrogen-bond acceptors (Lipinski definition) is 3. The number of ether oxygens (including phenoxy) is 1. The van der Waals surface area contributed by atoms with Gasteiger partial charge in [0.25, 0.3) is 0 Å². The number of methoxy groups -OCH3 is 1. The SMILES string of the molecule is CCCNC(CC)C(O)c1c(C)cc(OC)cc1C. The summed E-state index contributed by atoms with van der Waals surface area (Å²) in [7, 11) is 1.67. The van der Waals surface area contributed by atoms with Crippen LogP contribution in [0.15, 0.2) is 12.1 Å². The van der Waals surface area contributed by atoms with Crippen molar-refractivity contribution in [1.29, 1.82) is 0 Å². The van der Waals surface area contributed by atoms with E-state index in [2.05, 4.69) is 19.2 Å². The summed E-state index contributed by atoms with van der Waals surface area (Å²) in [5, 5.41) is 14.0. The summed E-state index contributed by atoms with van der Waals surface area (Å²) in [5.74, 6) is 0.848. The summed E-state index contributed by atoms with van der Waals surface area (Å²) in [4.78, 5) is 0. The standard InChI is InChI=1S/C16H27NO2/c1-6-8-17-14(7-2)16(18)15-11(3)9-13(19-5)10-12(15)4/h9-10,14,16-18H,6-8H2,1-5H3. The van der Waals surface area contributed by atoms with E-state index < -0.39 is 6.10 Å². The smallest absolute Gasteiger partial charge is 0.119 e. The maximum atomic E-state index is 10.6. The zero-order valence-electron chi connectivity index (χ0n) is 12.8. The van der Waals surface area contributed by atoms with Crippen LogP contribution in [0.2, 0.25) is 0 Å². The molecule has 108 valence electrons. The van der Waals surface area contributed by atoms with E-state index in [4.69, 9.17) is 4.74 Å². The van der Waals surface area contributed by atoms with Gasteiger partial charge in [-0.15, -0.1) is 0 Å². The molecule has 1 aromatic carbocycles. The van der Waals surface area contributed by atoms with E-state index in [9.17, 15) is 5.11 Å². The number of aryl methyl sites for hydroxylation is 2. The highest BCUT2D eigenvalue weighted by molar-refractivity contribution is 5.42. The Morgan fingerprint density at radius 1 is 1.21 bits per heavy atom. The molecule has 2 atom stereocenters. The molecule has 2 unspecified atom stereocenters. The molecular formula is C16H27NO2. The van der Waals surface area contributed by atoms with Crippen LogP contribution in [0.25, 0.3) is 0 Å². The van der Waals surface area contributed by atoms with Crippen LogP contribution in [0.1, 0.15) is 49.5 Å². The molecule has 2 N–H and O–H groups in total. The first-order valence-corrected chi connectivity index (χ1v) is 7.11. The van der Waals surface area contributed by atoms with Gasteiger partial charge in [0.05, 0.1) is 13.2 Å². The second-order valence-electron chi connectivity index (χ2n) is 5.09. The molecular weight excluding hydrogens is 238 g/mol. The highest BCUT2D eigenvalue weighted by Crippen LogP contribution is 2.29. The van der Waals surface area contributed by atoms with Gasteiger partial charge in [-0.3, -0.25) is 0 Å². The maximum Gasteiger partial charge on any atom is 0.119 e. The normalized spacial score (nSPS) is 14.2. The fraction of sp³-hybridized carbons (Fsp3) is 0.625. The summed E-state index contributed by atoms with van der Waals surface area (Å²) in [6.07, 6.45) is 1.51. The van der Waals surface area contributed by atoms with Gasteiger partial charge in [0.1, 0.15) is 5.75 Å². The van der Waals surface area contributed by atoms with Crippen LogP contribution < -0.4 is 10.1 Å². The van der Waals surface area contributed by atoms with E-state index >= 15 is 0 Å². The molecule has 19 heavy (non-hydrogen) atoms. The molecule has 0 spiro atoms. The van der Waals surface area contributed by atoms with Crippen molar-refractivity contribution in [3.8, 4) is 5.75 Å². The third-order valence-corrected chi connectivity index (χ3v) is 3.58. The van der Waals surface area contributed by atoms with Crippen molar-refractivity contribution < 1.29 is 9.84 Å². The quantitative estimate of drug-likeness (QED) is 0.796. The van der Waals surface area contributed by atoms with Gasteiger partial charge in [-0.05, 0) is 62.1 Å². The molecule has 0 aromatic heterocycles. The average molecular weight is 265 g/mol. The molecule has 3 nitrogen and oxygen atoms in total. The molecule has 0 bridgehead atoms. The summed E-state index contributed by atoms with van der Waals surface area (Å²) in [6, 6.07) is 4.07. The molecule has 0 heterocycles. The van der Waals surface area contributed by atoms with E-state index in [-0.39, 0.29) is 6.04 Å². The summed E-state index contributed by atoms with van der Waals surface area (Å²) in [5.41, 5.74) is 3.19. The predicted molar refractivity (Wildman–Crippen MR) is 79.8 cm³/mol. The number of nitrogens with one attached hydrogen (secondary N) is 1. The minimum atomic E-state index is -0.470. The Balaban J connectivity index is 3.00. The van der Waals surface area contributed by atoms with Gasteiger partial charge < -0.3 is 15.2 Å². The van der Waals surface area contributed by atoms with Crippen LogP contribution in [0, 0.1) is 13.8 Å². The monoisotopic (exact) mass is 265 g/mol. The lowest BCUT2D eigenvalue weighted by molar-refractivity contribution is 0.125. The number of aliphatic hydroxyl groups excluding tert-OH is 1. The summed E-state index contributed by atoms with van der Waals surface area (Å²) < 4.78 is 5.27. The Labute approximate surface area is 117 Å². The van der Waals surface area contributed by atoms with E-state index in [0.29, 0.717) is 0 Å². The summed E-state index contributed by atoms with van der Waals surface area (Å²) >= 11 is 0. The van der Waals surface area contributed by atoms with Crippen molar-refractivity contribution in [2.45, 2.75) is 52.7 Å². The largest absolute Gasteiger partial charge is 0.497 e. The number of aliphatic hydroxyl groups is 1. The lowest BCUT2D eigenvalue weighted by Crippen LogP contribution is -2.35. The minimum absolute atomic E-state index is 0.103. The molecule has 0 saturated carbocycles. The van der Waals surface area contributed by atoms with Gasteiger partial charge >= 0.3 is 0 Å². The Kier molecular flexibility index (Phi) is 6.32. The number of rotatable bonds is 7. The van der Waals surface area contributed by atoms with Crippen LogP contribution in [0.5, 0.6) is 5.75 Å². The third kappa shape index (κ3) is 3.95. The Morgan fingerprint density at radius 3 is 2.21 bits per heavy atom. The van der Waals surface area contributed by atoms with Gasteiger partial charge in [-0.2, -0.15) is 0 Å². The molecule has 1 rings (SSSR count). The Bertz CT molecular complexity index is 381. The molecule has 0 aliphatic heterocycles. The van der Waals surface area contributed by atoms with Gasteiger partial charge in [0.15, 0.2) is 0 Å². The fourth-order valence-electron chi connectivity index (χ4n) is 2.53. The van der Waals surface area contributed by atoms with Gasteiger partial charge in [0, 0.05) is 6.04 Å². The lowest BCUT2D eigenvalue weighted by atomic mass is 9.92. The molecule has 0 saturated heterocycles. The van der Waals surface area contributed by atoms with Crippen molar-refractivity contribution in [3.05, 3.63) is 28.8 Å².